The van der Waals surface area contributed by atoms with Crippen LogP contribution in [0.25, 0.3) is 17.3 Å². The van der Waals surface area contributed by atoms with Crippen LogP contribution in [0.2, 0.25) is 0 Å². The standard InChI is InChI=1S/C22H18F2N4O5S2/c1-11(20(32)25-9-19(30)31)26-18(29)10-28-21(33)17(35-22(28)34)8-13-3-2-4-16(27-13)12-5-6-14(23)15(24)7-12/h2-8,11H,9-10H2,1H3,(H,25,32)(H,26,29)(H,30,31)/b17-8-/t11-/m1/s1. The van der Waals surface area contributed by atoms with Gasteiger partial charge in [0.25, 0.3) is 5.91 Å². The smallest absolute Gasteiger partial charge is 0.322 e. The Morgan fingerprint density at radius 1 is 1.23 bits per heavy atom. The summed E-state index contributed by atoms with van der Waals surface area (Å²) in [6.07, 6.45) is 1.46. The second-order valence-electron chi connectivity index (χ2n) is 7.25. The Labute approximate surface area is 207 Å². The van der Waals surface area contributed by atoms with Crippen molar-refractivity contribution in [3.8, 4) is 11.3 Å². The van der Waals surface area contributed by atoms with Crippen molar-refractivity contribution in [3.05, 3.63) is 58.6 Å². The molecule has 3 N–H and O–H groups in total. The maximum atomic E-state index is 13.6. The number of rotatable bonds is 8. The minimum absolute atomic E-state index is 0.121. The van der Waals surface area contributed by atoms with E-state index in [0.717, 1.165) is 28.8 Å². The first-order valence-corrected chi connectivity index (χ1v) is 11.2. The van der Waals surface area contributed by atoms with Crippen molar-refractivity contribution >= 4 is 58.1 Å². The number of carbonyl (C=O) groups excluding carboxylic acids is 3. The van der Waals surface area contributed by atoms with E-state index >= 15 is 0 Å². The van der Waals surface area contributed by atoms with Crippen LogP contribution in [-0.4, -0.2) is 62.1 Å². The third kappa shape index (κ3) is 6.67. The van der Waals surface area contributed by atoms with Crippen LogP contribution in [0.1, 0.15) is 12.6 Å². The number of hydrogen-bond donors (Lipinski definition) is 3. The van der Waals surface area contributed by atoms with Crippen LogP contribution in [-0.2, 0) is 19.2 Å². The van der Waals surface area contributed by atoms with E-state index in [1.165, 1.54) is 19.1 Å². The Balaban J connectivity index is 1.68. The highest BCUT2D eigenvalue weighted by molar-refractivity contribution is 8.26. The molecule has 182 valence electrons. The number of aliphatic carboxylic acids is 1. The molecule has 1 atom stereocenters. The quantitative estimate of drug-likeness (QED) is 0.356. The Kier molecular flexibility index (Phi) is 8.25. The third-order valence-electron chi connectivity index (χ3n) is 4.62. The molecule has 1 saturated heterocycles. The minimum atomic E-state index is -1.23. The molecular formula is C22H18F2N4O5S2. The minimum Gasteiger partial charge on any atom is -0.480 e. The summed E-state index contributed by atoms with van der Waals surface area (Å²) in [5.74, 6) is -5.13. The van der Waals surface area contributed by atoms with Crippen molar-refractivity contribution in [3.63, 3.8) is 0 Å². The summed E-state index contributed by atoms with van der Waals surface area (Å²) in [5.41, 5.74) is 1.08. The fourth-order valence-electron chi connectivity index (χ4n) is 2.93. The lowest BCUT2D eigenvalue weighted by Crippen LogP contribution is -2.49. The molecule has 13 heteroatoms. The maximum Gasteiger partial charge on any atom is 0.322 e. The van der Waals surface area contributed by atoms with E-state index in [1.54, 1.807) is 18.2 Å². The van der Waals surface area contributed by atoms with E-state index in [0.29, 0.717) is 17.0 Å². The van der Waals surface area contributed by atoms with E-state index in [9.17, 15) is 28.0 Å². The van der Waals surface area contributed by atoms with Crippen LogP contribution < -0.4 is 10.6 Å². The van der Waals surface area contributed by atoms with Gasteiger partial charge in [-0.05, 0) is 43.3 Å². The zero-order valence-corrected chi connectivity index (χ0v) is 19.7. The second-order valence-corrected chi connectivity index (χ2v) is 8.92. The number of carboxylic acids is 1. The zero-order chi connectivity index (χ0) is 25.7. The van der Waals surface area contributed by atoms with Crippen molar-refractivity contribution < 1.29 is 33.1 Å². The number of amides is 3. The molecule has 0 radical (unpaired) electrons. The summed E-state index contributed by atoms with van der Waals surface area (Å²) in [4.78, 5) is 53.0. The maximum absolute atomic E-state index is 13.6. The molecule has 2 heterocycles. The van der Waals surface area contributed by atoms with Gasteiger partial charge in [0.15, 0.2) is 11.6 Å². The summed E-state index contributed by atoms with van der Waals surface area (Å²) in [6, 6.07) is 7.22. The van der Waals surface area contributed by atoms with Gasteiger partial charge in [0.1, 0.15) is 23.5 Å². The van der Waals surface area contributed by atoms with E-state index in [-0.39, 0.29) is 9.23 Å². The van der Waals surface area contributed by atoms with Crippen LogP contribution in [0.3, 0.4) is 0 Å². The van der Waals surface area contributed by atoms with Crippen molar-refractivity contribution in [2.75, 3.05) is 13.1 Å². The van der Waals surface area contributed by atoms with Crippen molar-refractivity contribution in [1.29, 1.82) is 0 Å². The molecule has 1 aliphatic heterocycles. The fourth-order valence-corrected chi connectivity index (χ4v) is 4.17. The number of nitrogens with one attached hydrogen (secondary N) is 2. The van der Waals surface area contributed by atoms with Crippen LogP contribution in [0.15, 0.2) is 41.3 Å². The predicted molar refractivity (Wildman–Crippen MR) is 128 cm³/mol. The van der Waals surface area contributed by atoms with E-state index in [4.69, 9.17) is 17.3 Å². The average Bonchev–Trinajstić information content (AvgIpc) is 3.06. The molecule has 0 bridgehead atoms. The highest BCUT2D eigenvalue weighted by atomic mass is 32.2. The van der Waals surface area contributed by atoms with Gasteiger partial charge in [-0.15, -0.1) is 0 Å². The van der Waals surface area contributed by atoms with Gasteiger partial charge in [0.2, 0.25) is 11.8 Å². The number of carboxylic acid groups (broad SMARTS) is 1. The highest BCUT2D eigenvalue weighted by Gasteiger charge is 2.34. The van der Waals surface area contributed by atoms with Crippen LogP contribution in [0, 0.1) is 11.6 Å². The van der Waals surface area contributed by atoms with Crippen LogP contribution in [0.4, 0.5) is 8.78 Å². The van der Waals surface area contributed by atoms with Gasteiger partial charge in [-0.1, -0.05) is 30.0 Å². The molecule has 0 spiro atoms. The summed E-state index contributed by atoms with van der Waals surface area (Å²) < 4.78 is 26.9. The van der Waals surface area contributed by atoms with Crippen LogP contribution >= 0.6 is 24.0 Å². The number of benzene rings is 1. The molecule has 1 aromatic carbocycles. The number of thioether (sulfide) groups is 1. The molecule has 0 saturated carbocycles. The highest BCUT2D eigenvalue weighted by Crippen LogP contribution is 2.32. The SMILES string of the molecule is C[C@@H](NC(=O)CN1C(=O)/C(=C/c2cccc(-c3ccc(F)c(F)c3)n2)SC1=S)C(=O)NCC(=O)O. The van der Waals surface area contributed by atoms with Gasteiger partial charge in [-0.3, -0.25) is 24.1 Å². The average molecular weight is 521 g/mol. The molecule has 0 unspecified atom stereocenters. The topological polar surface area (TPSA) is 129 Å². The first kappa shape index (κ1) is 25.9. The van der Waals surface area contributed by atoms with Gasteiger partial charge in [0, 0.05) is 5.56 Å². The number of carbonyl (C=O) groups is 4. The molecule has 3 amide bonds. The lowest BCUT2D eigenvalue weighted by Gasteiger charge is -2.17. The van der Waals surface area contributed by atoms with Crippen molar-refractivity contribution in [1.82, 2.24) is 20.5 Å². The van der Waals surface area contributed by atoms with E-state index in [1.807, 2.05) is 0 Å². The molecule has 1 fully saturated rings. The summed E-state index contributed by atoms with van der Waals surface area (Å²) in [7, 11) is 0. The summed E-state index contributed by atoms with van der Waals surface area (Å²) in [5, 5.41) is 13.1. The molecular weight excluding hydrogens is 502 g/mol. The van der Waals surface area contributed by atoms with E-state index in [2.05, 4.69) is 15.6 Å². The van der Waals surface area contributed by atoms with Crippen molar-refractivity contribution in [2.45, 2.75) is 13.0 Å². The van der Waals surface area contributed by atoms with E-state index < -0.39 is 54.5 Å². The second kappa shape index (κ2) is 11.1. The number of halogens is 2. The van der Waals surface area contributed by atoms with Gasteiger partial charge in [-0.2, -0.15) is 0 Å². The monoisotopic (exact) mass is 520 g/mol. The predicted octanol–water partition coefficient (Wildman–Crippen LogP) is 1.93. The van der Waals surface area contributed by atoms with Crippen LogP contribution in [0.5, 0.6) is 0 Å². The van der Waals surface area contributed by atoms with Gasteiger partial charge in [-0.25, -0.2) is 13.8 Å². The molecule has 0 aliphatic carbocycles. The first-order chi connectivity index (χ1) is 16.5. The first-order valence-electron chi connectivity index (χ1n) is 10.0. The summed E-state index contributed by atoms with van der Waals surface area (Å²) in [6.45, 7) is 0.329. The number of thiocarbonyl (C=S) groups is 1. The molecule has 35 heavy (non-hydrogen) atoms. The molecule has 3 rings (SSSR count). The lowest BCUT2D eigenvalue weighted by molar-refractivity contribution is -0.138. The Morgan fingerprint density at radius 3 is 2.66 bits per heavy atom. The fraction of sp³-hybridized carbons (Fsp3) is 0.182. The molecule has 1 aliphatic rings. The largest absolute Gasteiger partial charge is 0.480 e. The zero-order valence-electron chi connectivity index (χ0n) is 18.1. The number of aromatic nitrogens is 1. The number of nitrogens with zero attached hydrogens (tertiary/aromatic N) is 2. The van der Waals surface area contributed by atoms with Gasteiger partial charge >= 0.3 is 5.97 Å². The normalized spacial score (nSPS) is 15.3. The summed E-state index contributed by atoms with van der Waals surface area (Å²) >= 11 is 6.15. The Bertz CT molecular complexity index is 1250. The lowest BCUT2D eigenvalue weighted by atomic mass is 10.1. The number of pyridine rings is 1. The van der Waals surface area contributed by atoms with Gasteiger partial charge < -0.3 is 15.7 Å². The Morgan fingerprint density at radius 2 is 1.97 bits per heavy atom. The molecule has 9 nitrogen and oxygen atoms in total. The molecule has 2 aromatic rings. The van der Waals surface area contributed by atoms with Gasteiger partial charge in [0.05, 0.1) is 16.3 Å². The molecule has 1 aromatic heterocycles. The number of hydrogen-bond acceptors (Lipinski definition) is 7. The van der Waals surface area contributed by atoms with Crippen molar-refractivity contribution in [2.24, 2.45) is 0 Å². The third-order valence-corrected chi connectivity index (χ3v) is 6.00. The Hall–Kier alpha value is -3.71.